The number of hydrogen-bond acceptors (Lipinski definition) is 15. The van der Waals surface area contributed by atoms with Gasteiger partial charge in [0.1, 0.15) is 55.7 Å². The topological polar surface area (TPSA) is 236 Å². The van der Waals surface area contributed by atoms with Gasteiger partial charge in [-0.2, -0.15) is 0 Å². The molecule has 58 heavy (non-hydrogen) atoms. The van der Waals surface area contributed by atoms with E-state index in [-0.39, 0.29) is 75.9 Å². The van der Waals surface area contributed by atoms with Crippen LogP contribution < -0.4 is 14.4 Å². The van der Waals surface area contributed by atoms with Crippen molar-refractivity contribution in [2.24, 2.45) is 0 Å². The van der Waals surface area contributed by atoms with Gasteiger partial charge in [-0.15, -0.1) is 0 Å². The van der Waals surface area contributed by atoms with E-state index in [1.165, 1.54) is 33.4 Å². The fraction of sp³-hybridized carbons (Fsp3) is 0.452. The lowest BCUT2D eigenvalue weighted by Crippen LogP contribution is -2.30. The zero-order valence-corrected chi connectivity index (χ0v) is 34.0. The Morgan fingerprint density at radius 2 is 1.00 bits per heavy atom. The van der Waals surface area contributed by atoms with E-state index in [1.54, 1.807) is 60.9 Å². The van der Waals surface area contributed by atoms with Crippen LogP contribution in [0.1, 0.15) is 86.9 Å². The van der Waals surface area contributed by atoms with Crippen LogP contribution in [0.3, 0.4) is 0 Å². The van der Waals surface area contributed by atoms with Crippen molar-refractivity contribution in [2.45, 2.75) is 77.4 Å². The van der Waals surface area contributed by atoms with Crippen molar-refractivity contribution in [3.05, 3.63) is 84.2 Å². The number of aliphatic hydroxyl groups is 3. The van der Waals surface area contributed by atoms with Crippen molar-refractivity contribution in [3.8, 4) is 11.5 Å². The minimum atomic E-state index is -1.43. The highest BCUT2D eigenvalue weighted by Gasteiger charge is 2.26. The number of aliphatic carboxylic acids is 1. The Morgan fingerprint density at radius 3 is 1.33 bits per heavy atom. The van der Waals surface area contributed by atoms with Crippen LogP contribution in [0.25, 0.3) is 0 Å². The molecule has 0 fully saturated rings. The summed E-state index contributed by atoms with van der Waals surface area (Å²) < 4.78 is 20.6. The van der Waals surface area contributed by atoms with Crippen LogP contribution in [0.2, 0.25) is 0 Å². The van der Waals surface area contributed by atoms with Gasteiger partial charge >= 0.3 is 17.9 Å². The second kappa shape index (κ2) is 26.3. The van der Waals surface area contributed by atoms with Gasteiger partial charge in [-0.05, 0) is 101 Å². The molecule has 318 valence electrons. The molecule has 0 saturated carbocycles. The number of rotatable bonds is 22. The van der Waals surface area contributed by atoms with Crippen LogP contribution >= 0.6 is 0 Å². The van der Waals surface area contributed by atoms with E-state index in [2.05, 4.69) is 4.98 Å². The third-order valence-electron chi connectivity index (χ3n) is 7.54. The Bertz CT molecular complexity index is 1710. The number of anilines is 1. The van der Waals surface area contributed by atoms with Crippen molar-refractivity contribution in [1.82, 2.24) is 4.98 Å². The van der Waals surface area contributed by atoms with Gasteiger partial charge in [0, 0.05) is 69.0 Å². The van der Waals surface area contributed by atoms with Gasteiger partial charge in [-0.1, -0.05) is 0 Å². The summed E-state index contributed by atoms with van der Waals surface area (Å²) in [5, 5.41) is 36.4. The second-order valence-corrected chi connectivity index (χ2v) is 13.9. The van der Waals surface area contributed by atoms with Crippen molar-refractivity contribution < 1.29 is 68.1 Å². The SMILES string of the molecule is CC(C)(O)C(=O)c1ccc(OCCOC(=O)CCCC(=O)CO)cc1.CC(C)(O)C(=O)c1ccc(OCCOC(=O)CCCC(=O)O)cc1.CN(C)c1ccncc1. The van der Waals surface area contributed by atoms with E-state index in [0.717, 1.165) is 0 Å². The van der Waals surface area contributed by atoms with Gasteiger partial charge in [-0.25, -0.2) is 0 Å². The number of aromatic nitrogens is 1. The number of carboxylic acid groups (broad SMARTS) is 1. The Kier molecular flexibility index (Phi) is 22.8. The molecule has 3 rings (SSSR count). The molecule has 1 heterocycles. The first-order valence-electron chi connectivity index (χ1n) is 18.5. The molecular formula is C42H56N2O14. The van der Waals surface area contributed by atoms with Crippen molar-refractivity contribution in [1.29, 1.82) is 0 Å². The predicted octanol–water partition coefficient (Wildman–Crippen LogP) is 4.26. The summed E-state index contributed by atoms with van der Waals surface area (Å²) >= 11 is 0. The third kappa shape index (κ3) is 22.1. The zero-order valence-electron chi connectivity index (χ0n) is 34.0. The number of pyridine rings is 1. The smallest absolute Gasteiger partial charge is 0.305 e. The van der Waals surface area contributed by atoms with E-state index in [1.807, 2.05) is 31.1 Å². The predicted molar refractivity (Wildman–Crippen MR) is 213 cm³/mol. The molecule has 2 aromatic carbocycles. The highest BCUT2D eigenvalue weighted by Crippen LogP contribution is 2.18. The molecule has 16 nitrogen and oxygen atoms in total. The summed E-state index contributed by atoms with van der Waals surface area (Å²) in [5.74, 6) is -1.90. The summed E-state index contributed by atoms with van der Waals surface area (Å²) in [5.41, 5.74) is -0.927. The normalized spacial score (nSPS) is 10.7. The molecule has 0 aliphatic rings. The summed E-state index contributed by atoms with van der Waals surface area (Å²) in [6, 6.07) is 16.5. The van der Waals surface area contributed by atoms with Gasteiger partial charge in [0.2, 0.25) is 0 Å². The molecule has 0 unspecified atom stereocenters. The minimum Gasteiger partial charge on any atom is -0.490 e. The number of hydrogen-bond donors (Lipinski definition) is 4. The van der Waals surface area contributed by atoms with E-state index in [4.69, 9.17) is 29.2 Å². The van der Waals surface area contributed by atoms with Crippen molar-refractivity contribution >= 4 is 40.9 Å². The van der Waals surface area contributed by atoms with Gasteiger partial charge in [-0.3, -0.25) is 33.8 Å². The standard InChI is InChI=1S/C18H24O7.C17H22O7.C7H10N2/c1-18(2,23)17(22)13-6-8-15(9-7-13)24-10-11-25-16(21)5-3-4-14(20)12-19;1-17(2,22)16(21)12-6-8-13(9-7-12)23-10-11-24-15(20)5-3-4-14(18)19;1-9(2)7-3-5-8-6-4-7/h6-9,19,23H,3-5,10-12H2,1-2H3;6-9,22H,3-5,10-11H2,1-2H3,(H,18,19);3-6H,1-2H3. The number of carboxylic acids is 1. The molecule has 0 aliphatic heterocycles. The average Bonchev–Trinajstić information content (AvgIpc) is 3.18. The molecule has 4 N–H and O–H groups in total. The van der Waals surface area contributed by atoms with Crippen LogP contribution in [0.5, 0.6) is 11.5 Å². The molecule has 0 aliphatic carbocycles. The van der Waals surface area contributed by atoms with Crippen LogP contribution in [0.4, 0.5) is 5.69 Å². The van der Waals surface area contributed by atoms with Gasteiger partial charge < -0.3 is 44.3 Å². The van der Waals surface area contributed by atoms with Crippen LogP contribution in [-0.2, 0) is 28.7 Å². The maximum atomic E-state index is 11.9. The maximum absolute atomic E-state index is 11.9. The molecule has 16 heteroatoms. The van der Waals surface area contributed by atoms with Crippen LogP contribution in [0.15, 0.2) is 73.1 Å². The molecule has 0 saturated heterocycles. The average molecular weight is 813 g/mol. The molecular weight excluding hydrogens is 756 g/mol. The van der Waals surface area contributed by atoms with Gasteiger partial charge in [0.05, 0.1) is 0 Å². The fourth-order valence-electron chi connectivity index (χ4n) is 4.42. The Hall–Kier alpha value is -5.71. The van der Waals surface area contributed by atoms with Crippen molar-refractivity contribution in [2.75, 3.05) is 52.0 Å². The monoisotopic (exact) mass is 812 g/mol. The number of ether oxygens (including phenoxy) is 4. The summed E-state index contributed by atoms with van der Waals surface area (Å²) in [6.07, 6.45) is 4.41. The van der Waals surface area contributed by atoms with E-state index < -0.39 is 35.7 Å². The lowest BCUT2D eigenvalue weighted by Gasteiger charge is -2.15. The Balaban J connectivity index is 0.000000478. The zero-order chi connectivity index (χ0) is 43.7. The molecule has 0 atom stereocenters. The maximum Gasteiger partial charge on any atom is 0.305 e. The van der Waals surface area contributed by atoms with E-state index in [0.29, 0.717) is 29.0 Å². The van der Waals surface area contributed by atoms with Gasteiger partial charge in [0.25, 0.3) is 0 Å². The highest BCUT2D eigenvalue weighted by molar-refractivity contribution is 6.02. The number of nitrogens with zero attached hydrogens (tertiary/aromatic N) is 2. The third-order valence-corrected chi connectivity index (χ3v) is 7.54. The molecule has 3 aromatic rings. The number of esters is 2. The molecule has 0 spiro atoms. The quantitative estimate of drug-likeness (QED) is 0.0630. The largest absolute Gasteiger partial charge is 0.490 e. The first-order chi connectivity index (χ1) is 27.2. The fourth-order valence-corrected chi connectivity index (χ4v) is 4.42. The lowest BCUT2D eigenvalue weighted by molar-refractivity contribution is -0.145. The minimum absolute atomic E-state index is 0.0518. The second-order valence-electron chi connectivity index (χ2n) is 13.9. The highest BCUT2D eigenvalue weighted by atomic mass is 16.6. The summed E-state index contributed by atoms with van der Waals surface area (Å²) in [6.45, 7) is 5.59. The number of ketones is 3. The first-order valence-corrected chi connectivity index (χ1v) is 18.5. The molecule has 0 amide bonds. The lowest BCUT2D eigenvalue weighted by atomic mass is 9.97. The number of Topliss-reactive ketones (excluding diaryl/α,β-unsaturated/α-hetero) is 3. The Morgan fingerprint density at radius 1 is 0.603 bits per heavy atom. The van der Waals surface area contributed by atoms with Crippen LogP contribution in [0, 0.1) is 0 Å². The number of benzene rings is 2. The summed E-state index contributed by atoms with van der Waals surface area (Å²) in [4.78, 5) is 73.6. The first kappa shape index (κ1) is 50.3. The van der Waals surface area contributed by atoms with Crippen LogP contribution in [-0.4, -0.2) is 119 Å². The van der Waals surface area contributed by atoms with Gasteiger partial charge in [0.15, 0.2) is 17.3 Å². The van der Waals surface area contributed by atoms with E-state index >= 15 is 0 Å². The number of carbonyl (C=O) groups is 6. The molecule has 0 radical (unpaired) electrons. The van der Waals surface area contributed by atoms with Crippen molar-refractivity contribution in [3.63, 3.8) is 0 Å². The number of aliphatic hydroxyl groups excluding tert-OH is 1. The molecule has 0 bridgehead atoms. The summed E-state index contributed by atoms with van der Waals surface area (Å²) in [7, 11) is 4.02. The molecule has 1 aromatic heterocycles. The number of carbonyl (C=O) groups excluding carboxylic acids is 5. The Labute approximate surface area is 338 Å². The van der Waals surface area contributed by atoms with E-state index in [9.17, 15) is 39.0 Å².